The highest BCUT2D eigenvalue weighted by molar-refractivity contribution is 7.88. The Kier molecular flexibility index (Phi) is 4.70. The number of hydrogen-bond acceptors (Lipinski definition) is 3. The van der Waals surface area contributed by atoms with Gasteiger partial charge in [0.1, 0.15) is 5.82 Å². The van der Waals surface area contributed by atoms with Gasteiger partial charge in [0.05, 0.1) is 11.9 Å². The SMILES string of the molecule is CC(O)(CC1CCCN(S(C)(=O)=O)C1)c1ccccc1F. The molecular weight excluding hydrogens is 293 g/mol. The lowest BCUT2D eigenvalue weighted by Crippen LogP contribution is -2.41. The van der Waals surface area contributed by atoms with Crippen molar-refractivity contribution in [1.29, 1.82) is 0 Å². The molecule has 0 saturated carbocycles. The van der Waals surface area contributed by atoms with Crippen molar-refractivity contribution >= 4 is 10.0 Å². The summed E-state index contributed by atoms with van der Waals surface area (Å²) in [5.74, 6) is -0.402. The minimum atomic E-state index is -3.21. The van der Waals surface area contributed by atoms with E-state index in [9.17, 15) is 17.9 Å². The number of aliphatic hydroxyl groups is 1. The lowest BCUT2D eigenvalue weighted by atomic mass is 9.83. The molecule has 1 N–H and O–H groups in total. The van der Waals surface area contributed by atoms with Crippen LogP contribution in [0.4, 0.5) is 4.39 Å². The van der Waals surface area contributed by atoms with Crippen molar-refractivity contribution in [3.8, 4) is 0 Å². The zero-order chi connectivity index (χ0) is 15.7. The molecule has 1 aromatic rings. The van der Waals surface area contributed by atoms with Gasteiger partial charge in [-0.2, -0.15) is 0 Å². The van der Waals surface area contributed by atoms with Crippen LogP contribution in [0.2, 0.25) is 0 Å². The van der Waals surface area contributed by atoms with E-state index in [1.54, 1.807) is 25.1 Å². The molecular formula is C15H22FNO3S. The Labute approximate surface area is 125 Å². The Morgan fingerprint density at radius 2 is 2.10 bits per heavy atom. The lowest BCUT2D eigenvalue weighted by molar-refractivity contribution is 0.0180. The maximum Gasteiger partial charge on any atom is 0.211 e. The van der Waals surface area contributed by atoms with Crippen LogP contribution in [0.3, 0.4) is 0 Å². The number of rotatable bonds is 4. The molecule has 1 aliphatic heterocycles. The number of halogens is 1. The molecule has 0 amide bonds. The van der Waals surface area contributed by atoms with Gasteiger partial charge in [0, 0.05) is 18.7 Å². The van der Waals surface area contributed by atoms with Crippen molar-refractivity contribution in [2.24, 2.45) is 5.92 Å². The first-order chi connectivity index (χ1) is 9.70. The molecule has 0 radical (unpaired) electrons. The summed E-state index contributed by atoms with van der Waals surface area (Å²) in [5.41, 5.74) is -1.03. The molecule has 1 fully saturated rings. The van der Waals surface area contributed by atoms with E-state index >= 15 is 0 Å². The molecule has 0 aromatic heterocycles. The average Bonchev–Trinajstić information content (AvgIpc) is 2.37. The summed E-state index contributed by atoms with van der Waals surface area (Å²) in [6.07, 6.45) is 3.16. The molecule has 2 atom stereocenters. The molecule has 1 aliphatic rings. The molecule has 2 rings (SSSR count). The standard InChI is InChI=1S/C15H22FNO3S/c1-15(18,13-7-3-4-8-14(13)16)10-12-6-5-9-17(11-12)21(2,19)20/h3-4,7-8,12,18H,5-6,9-11H2,1-2H3. The van der Waals surface area contributed by atoms with Gasteiger partial charge in [0.15, 0.2) is 0 Å². The highest BCUT2D eigenvalue weighted by Crippen LogP contribution is 2.33. The summed E-state index contributed by atoms with van der Waals surface area (Å²) >= 11 is 0. The van der Waals surface area contributed by atoms with Crippen molar-refractivity contribution in [3.63, 3.8) is 0 Å². The fourth-order valence-corrected chi connectivity index (χ4v) is 4.01. The van der Waals surface area contributed by atoms with Crippen molar-refractivity contribution in [2.75, 3.05) is 19.3 Å². The quantitative estimate of drug-likeness (QED) is 0.925. The summed E-state index contributed by atoms with van der Waals surface area (Å²) < 4.78 is 38.5. The second-order valence-corrected chi connectivity index (χ2v) is 8.07. The van der Waals surface area contributed by atoms with E-state index in [1.807, 2.05) is 0 Å². The molecule has 0 aliphatic carbocycles. The van der Waals surface area contributed by atoms with Gasteiger partial charge in [-0.3, -0.25) is 0 Å². The zero-order valence-corrected chi connectivity index (χ0v) is 13.2. The summed E-state index contributed by atoms with van der Waals surface area (Å²) in [6.45, 7) is 2.51. The molecule has 6 heteroatoms. The van der Waals surface area contributed by atoms with Crippen LogP contribution >= 0.6 is 0 Å². The third kappa shape index (κ3) is 4.02. The Balaban J connectivity index is 2.12. The number of benzene rings is 1. The smallest absolute Gasteiger partial charge is 0.211 e. The largest absolute Gasteiger partial charge is 0.385 e. The van der Waals surface area contributed by atoms with Crippen LogP contribution in [-0.2, 0) is 15.6 Å². The fourth-order valence-electron chi connectivity index (χ4n) is 3.06. The molecule has 0 spiro atoms. The molecule has 21 heavy (non-hydrogen) atoms. The number of hydrogen-bond donors (Lipinski definition) is 1. The van der Waals surface area contributed by atoms with Crippen LogP contribution in [0.5, 0.6) is 0 Å². The van der Waals surface area contributed by atoms with Gasteiger partial charge in [-0.25, -0.2) is 17.1 Å². The van der Waals surface area contributed by atoms with Crippen LogP contribution in [0, 0.1) is 11.7 Å². The first kappa shape index (κ1) is 16.4. The van der Waals surface area contributed by atoms with E-state index in [0.29, 0.717) is 19.5 Å². The minimum Gasteiger partial charge on any atom is -0.385 e. The monoisotopic (exact) mass is 315 g/mol. The molecule has 1 heterocycles. The van der Waals surface area contributed by atoms with Gasteiger partial charge < -0.3 is 5.11 Å². The van der Waals surface area contributed by atoms with E-state index in [-0.39, 0.29) is 11.5 Å². The summed E-state index contributed by atoms with van der Waals surface area (Å²) in [5, 5.41) is 10.6. The topological polar surface area (TPSA) is 57.6 Å². The minimum absolute atomic E-state index is 0.0306. The van der Waals surface area contributed by atoms with Crippen molar-refractivity contribution < 1.29 is 17.9 Å². The van der Waals surface area contributed by atoms with E-state index in [1.165, 1.54) is 16.6 Å². The molecule has 1 aromatic carbocycles. The fraction of sp³-hybridized carbons (Fsp3) is 0.600. The highest BCUT2D eigenvalue weighted by atomic mass is 32.2. The predicted molar refractivity (Wildman–Crippen MR) is 79.7 cm³/mol. The van der Waals surface area contributed by atoms with Gasteiger partial charge >= 0.3 is 0 Å². The van der Waals surface area contributed by atoms with Gasteiger partial charge in [0.25, 0.3) is 0 Å². The summed E-state index contributed by atoms with van der Waals surface area (Å²) in [4.78, 5) is 0. The van der Waals surface area contributed by atoms with E-state index in [2.05, 4.69) is 0 Å². The maximum atomic E-state index is 13.8. The van der Waals surface area contributed by atoms with E-state index in [4.69, 9.17) is 0 Å². The predicted octanol–water partition coefficient (Wildman–Crippen LogP) is 2.09. The highest BCUT2D eigenvalue weighted by Gasteiger charge is 2.33. The van der Waals surface area contributed by atoms with Gasteiger partial charge in [-0.1, -0.05) is 18.2 Å². The third-order valence-corrected chi connectivity index (χ3v) is 5.36. The third-order valence-electron chi connectivity index (χ3n) is 4.09. The molecule has 4 nitrogen and oxygen atoms in total. The van der Waals surface area contributed by atoms with Crippen molar-refractivity contribution in [2.45, 2.75) is 31.8 Å². The van der Waals surface area contributed by atoms with Gasteiger partial charge in [0.2, 0.25) is 10.0 Å². The Morgan fingerprint density at radius 1 is 1.43 bits per heavy atom. The van der Waals surface area contributed by atoms with Crippen LogP contribution in [0.1, 0.15) is 31.7 Å². The van der Waals surface area contributed by atoms with Crippen molar-refractivity contribution in [3.05, 3.63) is 35.6 Å². The second kappa shape index (κ2) is 6.02. The average molecular weight is 315 g/mol. The number of piperidine rings is 1. The molecule has 2 unspecified atom stereocenters. The zero-order valence-electron chi connectivity index (χ0n) is 12.4. The Hall–Kier alpha value is -0.980. The Bertz CT molecular complexity index is 601. The van der Waals surface area contributed by atoms with Crippen LogP contribution < -0.4 is 0 Å². The normalized spacial score (nSPS) is 23.7. The Morgan fingerprint density at radius 3 is 2.71 bits per heavy atom. The number of nitrogens with zero attached hydrogens (tertiary/aromatic N) is 1. The second-order valence-electron chi connectivity index (χ2n) is 6.09. The summed E-state index contributed by atoms with van der Waals surface area (Å²) in [7, 11) is -3.21. The summed E-state index contributed by atoms with van der Waals surface area (Å²) in [6, 6.07) is 6.18. The van der Waals surface area contributed by atoms with Gasteiger partial charge in [-0.15, -0.1) is 0 Å². The van der Waals surface area contributed by atoms with E-state index < -0.39 is 21.4 Å². The van der Waals surface area contributed by atoms with Gasteiger partial charge in [-0.05, 0) is 38.2 Å². The van der Waals surface area contributed by atoms with Crippen LogP contribution in [0.25, 0.3) is 0 Å². The first-order valence-corrected chi connectivity index (χ1v) is 8.97. The molecule has 1 saturated heterocycles. The maximum absolute atomic E-state index is 13.8. The molecule has 0 bridgehead atoms. The number of sulfonamides is 1. The van der Waals surface area contributed by atoms with E-state index in [0.717, 1.165) is 12.8 Å². The van der Waals surface area contributed by atoms with Crippen LogP contribution in [0.15, 0.2) is 24.3 Å². The molecule has 118 valence electrons. The first-order valence-electron chi connectivity index (χ1n) is 7.12. The van der Waals surface area contributed by atoms with Crippen LogP contribution in [-0.4, -0.2) is 37.2 Å². The lowest BCUT2D eigenvalue weighted by Gasteiger charge is -2.35. The van der Waals surface area contributed by atoms with Crippen molar-refractivity contribution in [1.82, 2.24) is 4.31 Å².